The molecule has 8 nitrogen and oxygen atoms in total. The second kappa shape index (κ2) is 12.0. The van der Waals surface area contributed by atoms with Crippen LogP contribution in [0, 0.1) is 30.2 Å². The number of rotatable bonds is 8. The molecule has 0 aliphatic carbocycles. The molecule has 0 spiro atoms. The van der Waals surface area contributed by atoms with Crippen molar-refractivity contribution in [3.8, 4) is 28.0 Å². The van der Waals surface area contributed by atoms with Gasteiger partial charge >= 0.3 is 12.1 Å². The van der Waals surface area contributed by atoms with Crippen LogP contribution < -0.4 is 9.64 Å². The Bertz CT molecular complexity index is 1860. The van der Waals surface area contributed by atoms with Gasteiger partial charge in [-0.3, -0.25) is 4.90 Å². The predicted molar refractivity (Wildman–Crippen MR) is 161 cm³/mol. The van der Waals surface area contributed by atoms with Crippen LogP contribution in [0.2, 0.25) is 0 Å². The summed E-state index contributed by atoms with van der Waals surface area (Å²) in [6.45, 7) is 4.85. The number of ether oxygens (including phenoxy) is 2. The Labute approximate surface area is 261 Å². The summed E-state index contributed by atoms with van der Waals surface area (Å²) in [7, 11) is 1.40. The lowest BCUT2D eigenvalue weighted by molar-refractivity contribution is 0.0696. The number of carbonyl (C=O) groups is 2. The fraction of sp³-hybridized carbons (Fsp3) is 0.265. The molecule has 1 N–H and O–H groups in total. The lowest BCUT2D eigenvalue weighted by atomic mass is 9.93. The predicted octanol–water partition coefficient (Wildman–Crippen LogP) is 7.28. The first kappa shape index (κ1) is 30.9. The summed E-state index contributed by atoms with van der Waals surface area (Å²) < 4.78 is 68.3. The number of nitrogens with zero attached hydrogens (tertiary/aromatic N) is 3. The molecule has 3 aromatic carbocycles. The maximum absolute atomic E-state index is 15.5. The number of anilines is 1. The fourth-order valence-corrected chi connectivity index (χ4v) is 5.88. The van der Waals surface area contributed by atoms with E-state index in [1.165, 1.54) is 30.2 Å². The van der Waals surface area contributed by atoms with Crippen molar-refractivity contribution in [3.63, 3.8) is 0 Å². The number of halogens is 4. The number of amides is 1. The zero-order chi connectivity index (χ0) is 32.9. The smallest absolute Gasteiger partial charge is 0.411 e. The molecule has 2 atom stereocenters. The maximum atomic E-state index is 15.5. The average Bonchev–Trinajstić information content (AvgIpc) is 3.27. The van der Waals surface area contributed by atoms with Gasteiger partial charge in [0.1, 0.15) is 23.5 Å². The minimum absolute atomic E-state index is 0.0311. The Balaban J connectivity index is 1.43. The molecule has 0 saturated carbocycles. The molecule has 1 amide bonds. The summed E-state index contributed by atoms with van der Waals surface area (Å²) in [5.74, 6) is -5.22. The normalized spacial score (nSPS) is 17.6. The summed E-state index contributed by atoms with van der Waals surface area (Å²) >= 11 is 0. The van der Waals surface area contributed by atoms with Gasteiger partial charge in [0.15, 0.2) is 17.5 Å². The van der Waals surface area contributed by atoms with Crippen molar-refractivity contribution < 1.29 is 41.7 Å². The van der Waals surface area contributed by atoms with E-state index < -0.39 is 47.5 Å². The highest BCUT2D eigenvalue weighted by Crippen LogP contribution is 2.41. The third-order valence-corrected chi connectivity index (χ3v) is 8.53. The average molecular weight is 636 g/mol. The van der Waals surface area contributed by atoms with Crippen LogP contribution in [0.15, 0.2) is 54.6 Å². The summed E-state index contributed by atoms with van der Waals surface area (Å²) in [4.78, 5) is 32.9. The molecule has 0 bridgehead atoms. The van der Waals surface area contributed by atoms with Gasteiger partial charge < -0.3 is 19.5 Å². The Kier molecular flexibility index (Phi) is 8.05. The molecule has 12 heteroatoms. The van der Waals surface area contributed by atoms with E-state index in [1.54, 1.807) is 26.0 Å². The SMILES string of the molecule is COc1cc(F)c(-c2ccc(C(=O)O)cc2C)cc1-c1ccc(N2CCC2)nc1CN1C(=O)OC(c2cc(F)c(F)c(F)c2)C1C. The van der Waals surface area contributed by atoms with Gasteiger partial charge in [-0.05, 0) is 73.9 Å². The Morgan fingerprint density at radius 3 is 2.26 bits per heavy atom. The van der Waals surface area contributed by atoms with Gasteiger partial charge in [0.25, 0.3) is 0 Å². The van der Waals surface area contributed by atoms with E-state index in [4.69, 9.17) is 14.5 Å². The molecule has 46 heavy (non-hydrogen) atoms. The number of pyridine rings is 1. The van der Waals surface area contributed by atoms with Crippen molar-refractivity contribution in [2.45, 2.75) is 39.0 Å². The molecule has 2 aliphatic heterocycles. The van der Waals surface area contributed by atoms with Crippen LogP contribution in [-0.4, -0.2) is 53.3 Å². The first-order chi connectivity index (χ1) is 22.0. The monoisotopic (exact) mass is 635 g/mol. The lowest BCUT2D eigenvalue weighted by Gasteiger charge is -2.33. The van der Waals surface area contributed by atoms with Crippen molar-refractivity contribution in [1.29, 1.82) is 0 Å². The van der Waals surface area contributed by atoms with Crippen molar-refractivity contribution in [3.05, 3.63) is 100 Å². The van der Waals surface area contributed by atoms with Crippen molar-refractivity contribution >= 4 is 17.9 Å². The van der Waals surface area contributed by atoms with E-state index in [0.29, 0.717) is 33.8 Å². The Morgan fingerprint density at radius 2 is 1.65 bits per heavy atom. The lowest BCUT2D eigenvalue weighted by Crippen LogP contribution is -2.38. The molecule has 3 heterocycles. The molecule has 2 fully saturated rings. The highest BCUT2D eigenvalue weighted by Gasteiger charge is 2.41. The topological polar surface area (TPSA) is 92.2 Å². The number of aryl methyl sites for hydroxylation is 1. The molecule has 0 radical (unpaired) electrons. The minimum Gasteiger partial charge on any atom is -0.496 e. The third kappa shape index (κ3) is 5.48. The van der Waals surface area contributed by atoms with Gasteiger partial charge in [-0.25, -0.2) is 32.1 Å². The van der Waals surface area contributed by atoms with Gasteiger partial charge in [-0.2, -0.15) is 0 Å². The minimum atomic E-state index is -1.62. The number of cyclic esters (lactones) is 1. The van der Waals surface area contributed by atoms with E-state index in [9.17, 15) is 27.9 Å². The number of hydrogen-bond acceptors (Lipinski definition) is 6. The van der Waals surface area contributed by atoms with Gasteiger partial charge in [-0.15, -0.1) is 0 Å². The van der Waals surface area contributed by atoms with E-state index in [0.717, 1.165) is 31.6 Å². The number of hydrogen-bond donors (Lipinski definition) is 1. The van der Waals surface area contributed by atoms with Gasteiger partial charge in [0, 0.05) is 41.4 Å². The molecular formula is C34H29F4N3O5. The zero-order valence-electron chi connectivity index (χ0n) is 25.1. The number of aromatic carboxylic acids is 1. The van der Waals surface area contributed by atoms with Crippen LogP contribution in [0.1, 0.15) is 46.6 Å². The molecule has 1 aromatic heterocycles. The number of carboxylic acids is 1. The second-order valence-corrected chi connectivity index (χ2v) is 11.3. The maximum Gasteiger partial charge on any atom is 0.411 e. The van der Waals surface area contributed by atoms with E-state index in [2.05, 4.69) is 4.90 Å². The van der Waals surface area contributed by atoms with E-state index >= 15 is 4.39 Å². The largest absolute Gasteiger partial charge is 0.496 e. The number of carbonyl (C=O) groups excluding carboxylic acids is 1. The van der Waals surface area contributed by atoms with Crippen molar-refractivity contribution in [2.75, 3.05) is 25.1 Å². The summed E-state index contributed by atoms with van der Waals surface area (Å²) in [5.41, 5.74) is 2.71. The number of benzene rings is 3. The molecule has 238 valence electrons. The highest BCUT2D eigenvalue weighted by molar-refractivity contribution is 5.89. The van der Waals surface area contributed by atoms with Gasteiger partial charge in [0.05, 0.1) is 31.0 Å². The van der Waals surface area contributed by atoms with Crippen LogP contribution in [0.3, 0.4) is 0 Å². The van der Waals surface area contributed by atoms with Crippen LogP contribution >= 0.6 is 0 Å². The van der Waals surface area contributed by atoms with Crippen LogP contribution in [0.25, 0.3) is 22.3 Å². The van der Waals surface area contributed by atoms with E-state index in [-0.39, 0.29) is 29.0 Å². The van der Waals surface area contributed by atoms with Crippen LogP contribution in [0.5, 0.6) is 5.75 Å². The summed E-state index contributed by atoms with van der Waals surface area (Å²) in [5, 5.41) is 9.38. The van der Waals surface area contributed by atoms with Crippen LogP contribution in [-0.2, 0) is 11.3 Å². The fourth-order valence-electron chi connectivity index (χ4n) is 5.88. The standard InChI is InChI=1S/C34H29F4N3O5/c1-17-11-19(33(42)43)5-6-21(17)23-14-24(29(45-3)15-25(23)35)22-7-8-30(40-9-4-10-40)39-28(22)16-41-18(2)32(46-34(41)44)20-12-26(36)31(38)27(37)13-20/h5-8,11-15,18,32H,4,9-10,16H2,1-3H3,(H,42,43). The Hall–Kier alpha value is -5.13. The van der Waals surface area contributed by atoms with Crippen molar-refractivity contribution in [1.82, 2.24) is 9.88 Å². The molecule has 2 aliphatic rings. The number of aromatic nitrogens is 1. The summed E-state index contributed by atoms with van der Waals surface area (Å²) in [6.07, 6.45) is -0.843. The first-order valence-electron chi connectivity index (χ1n) is 14.6. The highest BCUT2D eigenvalue weighted by atomic mass is 19.2. The Morgan fingerprint density at radius 1 is 0.957 bits per heavy atom. The van der Waals surface area contributed by atoms with E-state index in [1.807, 2.05) is 12.1 Å². The molecule has 2 unspecified atom stereocenters. The number of carboxylic acid groups (broad SMARTS) is 1. The molecule has 2 saturated heterocycles. The third-order valence-electron chi connectivity index (χ3n) is 8.53. The van der Waals surface area contributed by atoms with Gasteiger partial charge in [-0.1, -0.05) is 6.07 Å². The summed E-state index contributed by atoms with van der Waals surface area (Å²) in [6, 6.07) is 11.8. The zero-order valence-corrected chi connectivity index (χ0v) is 25.1. The second-order valence-electron chi connectivity index (χ2n) is 11.3. The molecular weight excluding hydrogens is 606 g/mol. The quantitative estimate of drug-likeness (QED) is 0.161. The number of methoxy groups -OCH3 is 1. The molecule has 4 aromatic rings. The van der Waals surface area contributed by atoms with Crippen molar-refractivity contribution in [2.24, 2.45) is 0 Å². The van der Waals surface area contributed by atoms with Gasteiger partial charge in [0.2, 0.25) is 0 Å². The first-order valence-corrected chi connectivity index (χ1v) is 14.6. The molecule has 6 rings (SSSR count). The van der Waals surface area contributed by atoms with Crippen LogP contribution in [0.4, 0.5) is 28.2 Å².